The van der Waals surface area contributed by atoms with Gasteiger partial charge >= 0.3 is 5.63 Å². The highest BCUT2D eigenvalue weighted by atomic mass is 16.5. The number of aryl methyl sites for hydroxylation is 1. The molecule has 0 aliphatic heterocycles. The number of ether oxygens (including phenoxy) is 1. The SMILES string of the molecule is COc1cccc2c(C)cc(-n3ncc(C#N)c3NC(=O)c3cc4ccccc4oc3=O)nc12. The number of hydrogen-bond donors (Lipinski definition) is 1. The third-order valence-electron chi connectivity index (χ3n) is 5.44. The zero-order valence-electron chi connectivity index (χ0n) is 18.2. The Morgan fingerprint density at radius 3 is 2.79 bits per heavy atom. The van der Waals surface area contributed by atoms with E-state index in [1.54, 1.807) is 43.5 Å². The molecule has 0 aliphatic rings. The molecule has 5 aromatic rings. The Labute approximate surface area is 192 Å². The number of aromatic nitrogens is 3. The molecule has 3 aromatic heterocycles. The van der Waals surface area contributed by atoms with E-state index in [1.807, 2.05) is 25.1 Å². The maximum Gasteiger partial charge on any atom is 0.349 e. The summed E-state index contributed by atoms with van der Waals surface area (Å²) in [5.74, 6) is 0.306. The third-order valence-corrected chi connectivity index (χ3v) is 5.44. The van der Waals surface area contributed by atoms with Crippen molar-refractivity contribution < 1.29 is 13.9 Å². The second-order valence-electron chi connectivity index (χ2n) is 7.52. The molecular weight excluding hydrogens is 434 g/mol. The minimum Gasteiger partial charge on any atom is -0.494 e. The molecule has 166 valence electrons. The molecule has 0 aliphatic carbocycles. The van der Waals surface area contributed by atoms with Crippen molar-refractivity contribution in [2.24, 2.45) is 0 Å². The molecule has 9 heteroatoms. The monoisotopic (exact) mass is 451 g/mol. The molecule has 0 atom stereocenters. The zero-order valence-corrected chi connectivity index (χ0v) is 18.2. The molecule has 9 nitrogen and oxygen atoms in total. The molecule has 34 heavy (non-hydrogen) atoms. The van der Waals surface area contributed by atoms with Crippen LogP contribution in [0, 0.1) is 18.3 Å². The first-order valence-corrected chi connectivity index (χ1v) is 10.3. The Hall–Kier alpha value is -4.97. The van der Waals surface area contributed by atoms with Gasteiger partial charge in [-0.3, -0.25) is 4.79 Å². The summed E-state index contributed by atoms with van der Waals surface area (Å²) in [6, 6.07) is 17.7. The highest BCUT2D eigenvalue weighted by molar-refractivity contribution is 6.05. The van der Waals surface area contributed by atoms with Gasteiger partial charge in [-0.15, -0.1) is 0 Å². The molecule has 0 saturated heterocycles. The molecule has 0 bridgehead atoms. The van der Waals surface area contributed by atoms with Crippen LogP contribution in [0.4, 0.5) is 5.82 Å². The first kappa shape index (κ1) is 20.9. The van der Waals surface area contributed by atoms with E-state index < -0.39 is 11.5 Å². The van der Waals surface area contributed by atoms with Crippen LogP contribution in [0.5, 0.6) is 5.75 Å². The fourth-order valence-corrected chi connectivity index (χ4v) is 3.77. The predicted molar refractivity (Wildman–Crippen MR) is 125 cm³/mol. The molecule has 0 fully saturated rings. The Morgan fingerprint density at radius 2 is 2.00 bits per heavy atom. The smallest absolute Gasteiger partial charge is 0.349 e. The standard InChI is InChI=1S/C25H17N5O4/c1-14-10-21(28-22-17(14)7-5-9-20(22)33-2)30-23(16(12-26)13-27-30)29-24(31)18-11-15-6-3-4-8-19(15)34-25(18)32/h3-11,13H,1-2H3,(H,29,31). The van der Waals surface area contributed by atoms with E-state index in [0.717, 1.165) is 10.9 Å². The summed E-state index contributed by atoms with van der Waals surface area (Å²) in [4.78, 5) is 30.1. The number of nitrogens with zero attached hydrogens (tertiary/aromatic N) is 4. The maximum absolute atomic E-state index is 13.0. The van der Waals surface area contributed by atoms with E-state index in [2.05, 4.69) is 15.4 Å². The lowest BCUT2D eigenvalue weighted by atomic mass is 10.1. The number of amides is 1. The van der Waals surface area contributed by atoms with Gasteiger partial charge in [-0.1, -0.05) is 30.3 Å². The van der Waals surface area contributed by atoms with Crippen molar-refractivity contribution in [3.8, 4) is 17.6 Å². The average molecular weight is 451 g/mol. The molecule has 0 unspecified atom stereocenters. The number of hydrogen-bond acceptors (Lipinski definition) is 7. The third kappa shape index (κ3) is 3.43. The van der Waals surface area contributed by atoms with E-state index in [9.17, 15) is 14.9 Å². The van der Waals surface area contributed by atoms with E-state index in [-0.39, 0.29) is 16.9 Å². The Morgan fingerprint density at radius 1 is 1.18 bits per heavy atom. The zero-order chi connectivity index (χ0) is 23.8. The van der Waals surface area contributed by atoms with Gasteiger partial charge in [-0.05, 0) is 36.8 Å². The van der Waals surface area contributed by atoms with Crippen molar-refractivity contribution in [2.45, 2.75) is 6.92 Å². The van der Waals surface area contributed by atoms with Gasteiger partial charge in [0.05, 0.1) is 13.3 Å². The number of carbonyl (C=O) groups excluding carboxylic acids is 1. The number of nitrogens with one attached hydrogen (secondary N) is 1. The molecule has 0 spiro atoms. The Kier molecular flexibility index (Phi) is 5.03. The van der Waals surface area contributed by atoms with Crippen LogP contribution in [0.1, 0.15) is 21.5 Å². The molecule has 0 radical (unpaired) electrons. The number of nitriles is 1. The van der Waals surface area contributed by atoms with Gasteiger partial charge in [-0.25, -0.2) is 9.78 Å². The number of rotatable bonds is 4. The van der Waals surface area contributed by atoms with Crippen LogP contribution < -0.4 is 15.7 Å². The average Bonchev–Trinajstić information content (AvgIpc) is 3.25. The molecular formula is C25H17N5O4. The fourth-order valence-electron chi connectivity index (χ4n) is 3.77. The predicted octanol–water partition coefficient (Wildman–Crippen LogP) is 3.97. The molecule has 1 amide bonds. The van der Waals surface area contributed by atoms with Gasteiger partial charge in [0, 0.05) is 10.8 Å². The lowest BCUT2D eigenvalue weighted by Crippen LogP contribution is -2.22. The normalized spacial score (nSPS) is 10.9. The number of anilines is 1. The van der Waals surface area contributed by atoms with Crippen molar-refractivity contribution in [2.75, 3.05) is 12.4 Å². The number of methoxy groups -OCH3 is 1. The van der Waals surface area contributed by atoms with Crippen molar-refractivity contribution in [1.29, 1.82) is 5.26 Å². The first-order valence-electron chi connectivity index (χ1n) is 10.3. The summed E-state index contributed by atoms with van der Waals surface area (Å²) in [6.45, 7) is 1.92. The first-order chi connectivity index (χ1) is 16.5. The summed E-state index contributed by atoms with van der Waals surface area (Å²) in [7, 11) is 1.56. The summed E-state index contributed by atoms with van der Waals surface area (Å²) in [6.07, 6.45) is 1.32. The minimum atomic E-state index is -0.787. The molecule has 1 N–H and O–H groups in total. The molecule has 0 saturated carbocycles. The van der Waals surface area contributed by atoms with Gasteiger partial charge in [0.2, 0.25) is 0 Å². The summed E-state index contributed by atoms with van der Waals surface area (Å²) < 4.78 is 12.1. The number of benzene rings is 2. The summed E-state index contributed by atoms with van der Waals surface area (Å²) >= 11 is 0. The van der Waals surface area contributed by atoms with Crippen LogP contribution in [-0.4, -0.2) is 27.8 Å². The molecule has 2 aromatic carbocycles. The van der Waals surface area contributed by atoms with Crippen molar-refractivity contribution in [3.63, 3.8) is 0 Å². The second kappa shape index (κ2) is 8.18. The van der Waals surface area contributed by atoms with E-state index in [0.29, 0.717) is 28.1 Å². The summed E-state index contributed by atoms with van der Waals surface area (Å²) in [5.41, 5.74) is 1.02. The number of pyridine rings is 1. The maximum atomic E-state index is 13.0. The number of para-hydroxylation sites is 2. The highest BCUT2D eigenvalue weighted by Gasteiger charge is 2.21. The van der Waals surface area contributed by atoms with Crippen molar-refractivity contribution >= 4 is 33.6 Å². The second-order valence-corrected chi connectivity index (χ2v) is 7.52. The van der Waals surface area contributed by atoms with Gasteiger partial charge in [0.1, 0.15) is 34.0 Å². The van der Waals surface area contributed by atoms with E-state index in [4.69, 9.17) is 9.15 Å². The van der Waals surface area contributed by atoms with Gasteiger partial charge in [0.25, 0.3) is 5.91 Å². The fraction of sp³-hybridized carbons (Fsp3) is 0.0800. The van der Waals surface area contributed by atoms with E-state index in [1.165, 1.54) is 16.9 Å². The highest BCUT2D eigenvalue weighted by Crippen LogP contribution is 2.29. The molecule has 3 heterocycles. The topological polar surface area (TPSA) is 123 Å². The van der Waals surface area contributed by atoms with Crippen LogP contribution in [-0.2, 0) is 0 Å². The van der Waals surface area contributed by atoms with Crippen LogP contribution in [0.15, 0.2) is 70.0 Å². The van der Waals surface area contributed by atoms with Gasteiger partial charge in [-0.2, -0.15) is 15.0 Å². The van der Waals surface area contributed by atoms with Crippen LogP contribution in [0.2, 0.25) is 0 Å². The Balaban J connectivity index is 1.61. The number of fused-ring (bicyclic) bond motifs is 2. The van der Waals surface area contributed by atoms with Crippen molar-refractivity contribution in [3.05, 3.63) is 87.9 Å². The van der Waals surface area contributed by atoms with Gasteiger partial charge < -0.3 is 14.5 Å². The Bertz CT molecular complexity index is 1690. The van der Waals surface area contributed by atoms with E-state index >= 15 is 0 Å². The molecule has 5 rings (SSSR count). The number of carbonyl (C=O) groups is 1. The largest absolute Gasteiger partial charge is 0.494 e. The summed E-state index contributed by atoms with van der Waals surface area (Å²) in [5, 5.41) is 18.0. The van der Waals surface area contributed by atoms with Crippen LogP contribution >= 0.6 is 0 Å². The van der Waals surface area contributed by atoms with Crippen LogP contribution in [0.3, 0.4) is 0 Å². The quantitative estimate of drug-likeness (QED) is 0.410. The van der Waals surface area contributed by atoms with Gasteiger partial charge in [0.15, 0.2) is 11.6 Å². The van der Waals surface area contributed by atoms with Crippen molar-refractivity contribution in [1.82, 2.24) is 14.8 Å². The van der Waals surface area contributed by atoms with Crippen LogP contribution in [0.25, 0.3) is 27.7 Å². The minimum absolute atomic E-state index is 0.0845. The lowest BCUT2D eigenvalue weighted by molar-refractivity contribution is 0.102. The lowest BCUT2D eigenvalue weighted by Gasteiger charge is -2.12.